The molecule has 1 aromatic rings. The number of nitriles is 1. The maximum Gasteiger partial charge on any atom is 0.0962 e. The van der Waals surface area contributed by atoms with Crippen molar-refractivity contribution < 1.29 is 0 Å². The second kappa shape index (κ2) is 4.10. The standard InChI is InChI=1S/C14H18N2S/c1-10-12(14(9-15)7-4-8-14)17-13(16-10)11-5-2-3-6-11/h11H,2-8H2,1H3. The lowest BCUT2D eigenvalue weighted by Crippen LogP contribution is -2.32. The molecule has 2 nitrogen and oxygen atoms in total. The van der Waals surface area contributed by atoms with E-state index in [9.17, 15) is 5.26 Å². The molecular formula is C14H18N2S. The third-order valence-corrected chi connectivity index (χ3v) is 5.90. The molecule has 0 spiro atoms. The molecule has 17 heavy (non-hydrogen) atoms. The van der Waals surface area contributed by atoms with Gasteiger partial charge in [0.05, 0.1) is 22.2 Å². The second-order valence-electron chi connectivity index (χ2n) is 5.50. The molecule has 0 N–H and O–H groups in total. The third kappa shape index (κ3) is 1.70. The average molecular weight is 246 g/mol. The molecule has 0 atom stereocenters. The van der Waals surface area contributed by atoms with Gasteiger partial charge in [0, 0.05) is 10.8 Å². The van der Waals surface area contributed by atoms with Crippen LogP contribution in [0.1, 0.15) is 66.4 Å². The summed E-state index contributed by atoms with van der Waals surface area (Å²) in [7, 11) is 0. The third-order valence-electron chi connectivity index (χ3n) is 4.37. The van der Waals surface area contributed by atoms with Crippen LogP contribution in [0.3, 0.4) is 0 Å². The topological polar surface area (TPSA) is 36.7 Å². The van der Waals surface area contributed by atoms with Crippen LogP contribution in [0.2, 0.25) is 0 Å². The van der Waals surface area contributed by atoms with Gasteiger partial charge in [0.25, 0.3) is 0 Å². The highest BCUT2D eigenvalue weighted by Crippen LogP contribution is 2.48. The van der Waals surface area contributed by atoms with Gasteiger partial charge >= 0.3 is 0 Å². The predicted octanol–water partition coefficient (Wildman–Crippen LogP) is 4.05. The first kappa shape index (κ1) is 11.2. The fraction of sp³-hybridized carbons (Fsp3) is 0.714. The first-order valence-electron chi connectivity index (χ1n) is 6.64. The van der Waals surface area contributed by atoms with Gasteiger partial charge in [-0.25, -0.2) is 4.98 Å². The molecule has 0 radical (unpaired) electrons. The van der Waals surface area contributed by atoms with Crippen molar-refractivity contribution in [3.8, 4) is 6.07 Å². The first-order chi connectivity index (χ1) is 8.25. The van der Waals surface area contributed by atoms with E-state index in [1.54, 1.807) is 0 Å². The van der Waals surface area contributed by atoms with E-state index >= 15 is 0 Å². The van der Waals surface area contributed by atoms with E-state index in [0.29, 0.717) is 5.92 Å². The Labute approximate surface area is 107 Å². The Morgan fingerprint density at radius 3 is 2.53 bits per heavy atom. The fourth-order valence-corrected chi connectivity index (χ4v) is 4.56. The van der Waals surface area contributed by atoms with Crippen molar-refractivity contribution in [3.63, 3.8) is 0 Å². The molecule has 0 unspecified atom stereocenters. The van der Waals surface area contributed by atoms with Gasteiger partial charge in [-0.05, 0) is 39.0 Å². The first-order valence-corrected chi connectivity index (χ1v) is 7.46. The summed E-state index contributed by atoms with van der Waals surface area (Å²) in [6.07, 6.45) is 8.57. The maximum atomic E-state index is 9.42. The van der Waals surface area contributed by atoms with E-state index < -0.39 is 0 Å². The Hall–Kier alpha value is -0.880. The Morgan fingerprint density at radius 2 is 2.00 bits per heavy atom. The molecule has 2 saturated carbocycles. The molecule has 0 saturated heterocycles. The highest BCUT2D eigenvalue weighted by atomic mass is 32.1. The van der Waals surface area contributed by atoms with Gasteiger partial charge in [0.2, 0.25) is 0 Å². The summed E-state index contributed by atoms with van der Waals surface area (Å²) in [6.45, 7) is 2.09. The number of hydrogen-bond donors (Lipinski definition) is 0. The zero-order valence-electron chi connectivity index (χ0n) is 10.3. The molecule has 3 rings (SSSR count). The van der Waals surface area contributed by atoms with Crippen LogP contribution >= 0.6 is 11.3 Å². The van der Waals surface area contributed by atoms with Gasteiger partial charge in [0.15, 0.2) is 0 Å². The number of thiazole rings is 1. The van der Waals surface area contributed by atoms with Gasteiger partial charge in [-0.3, -0.25) is 0 Å². The Kier molecular flexibility index (Phi) is 2.71. The van der Waals surface area contributed by atoms with Crippen LogP contribution in [0.4, 0.5) is 0 Å². The van der Waals surface area contributed by atoms with Crippen molar-refractivity contribution in [2.75, 3.05) is 0 Å². The minimum atomic E-state index is -0.168. The predicted molar refractivity (Wildman–Crippen MR) is 69.2 cm³/mol. The smallest absolute Gasteiger partial charge is 0.0962 e. The van der Waals surface area contributed by atoms with E-state index in [1.807, 2.05) is 11.3 Å². The highest BCUT2D eigenvalue weighted by molar-refractivity contribution is 7.12. The van der Waals surface area contributed by atoms with Crippen LogP contribution < -0.4 is 0 Å². The number of rotatable bonds is 2. The van der Waals surface area contributed by atoms with E-state index in [1.165, 1.54) is 42.0 Å². The second-order valence-corrected chi connectivity index (χ2v) is 6.53. The number of nitrogens with zero attached hydrogens (tertiary/aromatic N) is 2. The average Bonchev–Trinajstić information content (AvgIpc) is 2.87. The van der Waals surface area contributed by atoms with Crippen molar-refractivity contribution in [1.82, 2.24) is 4.98 Å². The van der Waals surface area contributed by atoms with E-state index in [4.69, 9.17) is 4.98 Å². The van der Waals surface area contributed by atoms with Crippen molar-refractivity contribution in [1.29, 1.82) is 5.26 Å². The van der Waals surface area contributed by atoms with Crippen molar-refractivity contribution >= 4 is 11.3 Å². The molecular weight excluding hydrogens is 228 g/mol. The molecule has 0 aliphatic heterocycles. The lowest BCUT2D eigenvalue weighted by atomic mass is 9.68. The quantitative estimate of drug-likeness (QED) is 0.789. The van der Waals surface area contributed by atoms with Crippen LogP contribution in [-0.4, -0.2) is 4.98 Å². The zero-order chi connectivity index (χ0) is 11.9. The van der Waals surface area contributed by atoms with Gasteiger partial charge in [-0.2, -0.15) is 5.26 Å². The molecule has 0 amide bonds. The van der Waals surface area contributed by atoms with Crippen molar-refractivity contribution in [2.24, 2.45) is 0 Å². The van der Waals surface area contributed by atoms with E-state index in [0.717, 1.165) is 18.5 Å². The SMILES string of the molecule is Cc1nc(C2CCCC2)sc1C1(C#N)CCC1. The summed E-state index contributed by atoms with van der Waals surface area (Å²) in [5.41, 5.74) is 0.955. The molecule has 90 valence electrons. The van der Waals surface area contributed by atoms with E-state index in [2.05, 4.69) is 13.0 Å². The molecule has 1 aromatic heterocycles. The van der Waals surface area contributed by atoms with Gasteiger partial charge < -0.3 is 0 Å². The molecule has 0 bridgehead atoms. The van der Waals surface area contributed by atoms with Gasteiger partial charge in [0.1, 0.15) is 0 Å². The maximum absolute atomic E-state index is 9.42. The molecule has 2 aliphatic rings. The largest absolute Gasteiger partial charge is 0.246 e. The molecule has 3 heteroatoms. The molecule has 2 fully saturated rings. The Bertz CT molecular complexity index is 459. The fourth-order valence-electron chi connectivity index (χ4n) is 3.13. The van der Waals surface area contributed by atoms with Crippen LogP contribution in [0.25, 0.3) is 0 Å². The monoisotopic (exact) mass is 246 g/mol. The van der Waals surface area contributed by atoms with Crippen molar-refractivity contribution in [2.45, 2.75) is 63.2 Å². The molecule has 1 heterocycles. The van der Waals surface area contributed by atoms with Crippen LogP contribution in [-0.2, 0) is 5.41 Å². The van der Waals surface area contributed by atoms with Gasteiger partial charge in [-0.1, -0.05) is 12.8 Å². The van der Waals surface area contributed by atoms with Crippen molar-refractivity contribution in [3.05, 3.63) is 15.6 Å². The summed E-state index contributed by atoms with van der Waals surface area (Å²) >= 11 is 1.83. The summed E-state index contributed by atoms with van der Waals surface area (Å²) in [5.74, 6) is 0.684. The summed E-state index contributed by atoms with van der Waals surface area (Å²) in [4.78, 5) is 6.03. The Balaban J connectivity index is 1.93. The number of aryl methyl sites for hydroxylation is 1. The van der Waals surface area contributed by atoms with Crippen LogP contribution in [0.5, 0.6) is 0 Å². The highest BCUT2D eigenvalue weighted by Gasteiger charge is 2.42. The van der Waals surface area contributed by atoms with Crippen LogP contribution in [0, 0.1) is 18.3 Å². The lowest BCUT2D eigenvalue weighted by Gasteiger charge is -2.34. The van der Waals surface area contributed by atoms with Crippen LogP contribution in [0.15, 0.2) is 0 Å². The normalized spacial score (nSPS) is 23.3. The number of aromatic nitrogens is 1. The lowest BCUT2D eigenvalue weighted by molar-refractivity contribution is 0.328. The summed E-state index contributed by atoms with van der Waals surface area (Å²) in [5, 5.41) is 10.7. The summed E-state index contributed by atoms with van der Waals surface area (Å²) < 4.78 is 0. The van der Waals surface area contributed by atoms with Gasteiger partial charge in [-0.15, -0.1) is 11.3 Å². The zero-order valence-corrected chi connectivity index (χ0v) is 11.1. The minimum Gasteiger partial charge on any atom is -0.246 e. The summed E-state index contributed by atoms with van der Waals surface area (Å²) in [6, 6.07) is 2.55. The van der Waals surface area contributed by atoms with E-state index in [-0.39, 0.29) is 5.41 Å². The Morgan fingerprint density at radius 1 is 1.29 bits per heavy atom. The minimum absolute atomic E-state index is 0.168. The number of hydrogen-bond acceptors (Lipinski definition) is 3. The molecule has 0 aromatic carbocycles. The molecule has 2 aliphatic carbocycles.